The quantitative estimate of drug-likeness (QED) is 0.829. The Hall–Kier alpha value is -1.12. The molecule has 1 fully saturated rings. The van der Waals surface area contributed by atoms with Gasteiger partial charge in [0.15, 0.2) is 0 Å². The zero-order chi connectivity index (χ0) is 14.0. The minimum absolute atomic E-state index is 0.300. The molecule has 0 bridgehead atoms. The molecular formula is C18H23NS. The topological polar surface area (TPSA) is 12.0 Å². The highest BCUT2D eigenvalue weighted by Crippen LogP contribution is 2.53. The average molecular weight is 285 g/mol. The molecule has 1 N–H and O–H groups in total. The molecule has 0 saturated heterocycles. The molecule has 3 rings (SSSR count). The molecule has 2 heteroatoms. The summed E-state index contributed by atoms with van der Waals surface area (Å²) in [6.07, 6.45) is 3.94. The van der Waals surface area contributed by atoms with Gasteiger partial charge >= 0.3 is 0 Å². The van der Waals surface area contributed by atoms with Crippen LogP contribution in [0.5, 0.6) is 0 Å². The molecule has 0 radical (unpaired) electrons. The zero-order valence-corrected chi connectivity index (χ0v) is 13.2. The summed E-state index contributed by atoms with van der Waals surface area (Å²) in [6, 6.07) is 16.1. The number of thiophene rings is 1. The molecule has 2 aromatic rings. The number of likely N-dealkylation sites (N-methyl/N-ethyl adjacent to an activating group) is 1. The third-order valence-electron chi connectivity index (χ3n) is 4.60. The van der Waals surface area contributed by atoms with Gasteiger partial charge < -0.3 is 5.32 Å². The maximum absolute atomic E-state index is 3.76. The van der Waals surface area contributed by atoms with E-state index < -0.39 is 0 Å². The Bertz CT molecular complexity index is 554. The van der Waals surface area contributed by atoms with E-state index in [9.17, 15) is 0 Å². The van der Waals surface area contributed by atoms with Crippen LogP contribution < -0.4 is 5.32 Å². The number of nitrogens with one attached hydrogen (secondary N) is 1. The second kappa shape index (κ2) is 5.71. The van der Waals surface area contributed by atoms with E-state index in [4.69, 9.17) is 0 Å². The maximum atomic E-state index is 3.76. The molecule has 1 heterocycles. The van der Waals surface area contributed by atoms with Crippen LogP contribution in [0.4, 0.5) is 0 Å². The monoisotopic (exact) mass is 285 g/mol. The van der Waals surface area contributed by atoms with Gasteiger partial charge in [-0.2, -0.15) is 0 Å². The summed E-state index contributed by atoms with van der Waals surface area (Å²) in [7, 11) is 0. The van der Waals surface area contributed by atoms with Crippen molar-refractivity contribution in [3.8, 4) is 0 Å². The highest BCUT2D eigenvalue weighted by Gasteiger charge is 2.46. The summed E-state index contributed by atoms with van der Waals surface area (Å²) in [5, 5.41) is 3.76. The first kappa shape index (κ1) is 13.8. The lowest BCUT2D eigenvalue weighted by atomic mass is 9.59. The fourth-order valence-electron chi connectivity index (χ4n) is 3.45. The van der Waals surface area contributed by atoms with E-state index in [1.54, 1.807) is 0 Å². The normalized spacial score (nSPS) is 18.5. The minimum atomic E-state index is 0.300. The third kappa shape index (κ3) is 2.32. The first-order valence-electron chi connectivity index (χ1n) is 7.61. The summed E-state index contributed by atoms with van der Waals surface area (Å²) < 4.78 is 0. The van der Waals surface area contributed by atoms with Gasteiger partial charge in [0.1, 0.15) is 0 Å². The van der Waals surface area contributed by atoms with Crippen molar-refractivity contribution >= 4 is 11.3 Å². The molecule has 1 aromatic heterocycles. The van der Waals surface area contributed by atoms with Crippen LogP contribution in [0.2, 0.25) is 0 Å². The molecule has 20 heavy (non-hydrogen) atoms. The highest BCUT2D eigenvalue weighted by atomic mass is 32.1. The Morgan fingerprint density at radius 3 is 2.40 bits per heavy atom. The maximum Gasteiger partial charge on any atom is 0.0512 e. The Kier molecular flexibility index (Phi) is 3.95. The van der Waals surface area contributed by atoms with Crippen LogP contribution in [0.25, 0.3) is 0 Å². The summed E-state index contributed by atoms with van der Waals surface area (Å²) in [5.41, 5.74) is 1.80. The molecule has 1 atom stereocenters. The van der Waals surface area contributed by atoms with Crippen LogP contribution in [-0.2, 0) is 5.41 Å². The highest BCUT2D eigenvalue weighted by molar-refractivity contribution is 7.12. The molecule has 1 unspecified atom stereocenters. The molecule has 1 saturated carbocycles. The van der Waals surface area contributed by atoms with Crippen molar-refractivity contribution in [1.29, 1.82) is 0 Å². The minimum Gasteiger partial charge on any atom is -0.309 e. The van der Waals surface area contributed by atoms with E-state index in [1.807, 2.05) is 11.3 Å². The van der Waals surface area contributed by atoms with Gasteiger partial charge in [-0.3, -0.25) is 0 Å². The van der Waals surface area contributed by atoms with Crippen molar-refractivity contribution in [3.05, 3.63) is 57.8 Å². The number of rotatable bonds is 5. The SMILES string of the molecule is CCNC(c1ccc(C)s1)C1(c2ccccc2)CCC1. The van der Waals surface area contributed by atoms with Gasteiger partial charge in [0.2, 0.25) is 0 Å². The van der Waals surface area contributed by atoms with Gasteiger partial charge in [-0.1, -0.05) is 43.7 Å². The largest absolute Gasteiger partial charge is 0.309 e. The molecular weight excluding hydrogens is 262 g/mol. The van der Waals surface area contributed by atoms with Crippen LogP contribution in [0.3, 0.4) is 0 Å². The molecule has 0 amide bonds. The third-order valence-corrected chi connectivity index (χ3v) is 5.67. The van der Waals surface area contributed by atoms with E-state index in [-0.39, 0.29) is 0 Å². The molecule has 0 spiro atoms. The lowest BCUT2D eigenvalue weighted by Gasteiger charge is -2.48. The van der Waals surface area contributed by atoms with E-state index in [0.29, 0.717) is 11.5 Å². The van der Waals surface area contributed by atoms with Crippen LogP contribution in [-0.4, -0.2) is 6.54 Å². The lowest BCUT2D eigenvalue weighted by molar-refractivity contribution is 0.173. The first-order chi connectivity index (χ1) is 9.76. The summed E-state index contributed by atoms with van der Waals surface area (Å²) in [5.74, 6) is 0. The van der Waals surface area contributed by atoms with Gasteiger partial charge in [0.05, 0.1) is 6.04 Å². The van der Waals surface area contributed by atoms with Crippen molar-refractivity contribution < 1.29 is 0 Å². The smallest absolute Gasteiger partial charge is 0.0512 e. The number of benzene rings is 1. The van der Waals surface area contributed by atoms with Gasteiger partial charge in [-0.25, -0.2) is 0 Å². The van der Waals surface area contributed by atoms with E-state index >= 15 is 0 Å². The molecule has 1 aromatic carbocycles. The second-order valence-electron chi connectivity index (χ2n) is 5.81. The summed E-state index contributed by atoms with van der Waals surface area (Å²) in [6.45, 7) is 5.44. The van der Waals surface area contributed by atoms with Crippen molar-refractivity contribution in [2.75, 3.05) is 6.54 Å². The number of hydrogen-bond donors (Lipinski definition) is 1. The zero-order valence-electron chi connectivity index (χ0n) is 12.4. The standard InChI is InChI=1S/C18H23NS/c1-3-19-17(16-11-10-14(2)20-16)18(12-7-13-18)15-8-5-4-6-9-15/h4-6,8-11,17,19H,3,7,12-13H2,1-2H3. The summed E-state index contributed by atoms with van der Waals surface area (Å²) >= 11 is 1.94. The van der Waals surface area contributed by atoms with E-state index in [1.165, 1.54) is 34.6 Å². The van der Waals surface area contributed by atoms with Gasteiger partial charge in [-0.15, -0.1) is 11.3 Å². The Labute approximate surface area is 126 Å². The first-order valence-corrected chi connectivity index (χ1v) is 8.43. The lowest BCUT2D eigenvalue weighted by Crippen LogP contribution is -2.46. The van der Waals surface area contributed by atoms with E-state index in [2.05, 4.69) is 61.6 Å². The van der Waals surface area contributed by atoms with Gasteiger partial charge in [0.25, 0.3) is 0 Å². The Morgan fingerprint density at radius 2 is 1.90 bits per heavy atom. The van der Waals surface area contributed by atoms with Crippen molar-refractivity contribution in [2.24, 2.45) is 0 Å². The number of aryl methyl sites for hydroxylation is 1. The van der Waals surface area contributed by atoms with Crippen LogP contribution in [0.15, 0.2) is 42.5 Å². The predicted molar refractivity (Wildman–Crippen MR) is 87.4 cm³/mol. The predicted octanol–water partition coefficient (Wildman–Crippen LogP) is 4.83. The van der Waals surface area contributed by atoms with Crippen molar-refractivity contribution in [1.82, 2.24) is 5.32 Å². The van der Waals surface area contributed by atoms with Gasteiger partial charge in [-0.05, 0) is 44.0 Å². The average Bonchev–Trinajstić information content (AvgIpc) is 2.84. The van der Waals surface area contributed by atoms with Gasteiger partial charge in [0, 0.05) is 15.2 Å². The second-order valence-corrected chi connectivity index (χ2v) is 7.13. The molecule has 106 valence electrons. The van der Waals surface area contributed by atoms with Crippen LogP contribution in [0.1, 0.15) is 47.5 Å². The van der Waals surface area contributed by atoms with Crippen LogP contribution >= 0.6 is 11.3 Å². The van der Waals surface area contributed by atoms with Crippen molar-refractivity contribution in [2.45, 2.75) is 44.6 Å². The Morgan fingerprint density at radius 1 is 1.15 bits per heavy atom. The molecule has 1 aliphatic carbocycles. The Balaban J connectivity index is 2.00. The van der Waals surface area contributed by atoms with Crippen LogP contribution in [0, 0.1) is 6.92 Å². The number of hydrogen-bond acceptors (Lipinski definition) is 2. The molecule has 0 aliphatic heterocycles. The molecule has 1 nitrogen and oxygen atoms in total. The summed E-state index contributed by atoms with van der Waals surface area (Å²) in [4.78, 5) is 2.90. The fourth-order valence-corrected chi connectivity index (χ4v) is 4.52. The fraction of sp³-hybridized carbons (Fsp3) is 0.444. The molecule has 1 aliphatic rings. The van der Waals surface area contributed by atoms with E-state index in [0.717, 1.165) is 6.54 Å². The van der Waals surface area contributed by atoms with Crippen molar-refractivity contribution in [3.63, 3.8) is 0 Å².